The van der Waals surface area contributed by atoms with Gasteiger partial charge in [0.05, 0.1) is 5.56 Å². The number of thiophene rings is 1. The summed E-state index contributed by atoms with van der Waals surface area (Å²) in [6, 6.07) is 24.6. The Balaban J connectivity index is 1.38. The molecule has 2 aliphatic heterocycles. The first kappa shape index (κ1) is 43.8. The molecule has 316 valence electrons. The number of carbonyl (C=O) groups excluding carboxylic acids is 5. The fourth-order valence-electron chi connectivity index (χ4n) is 6.85. The third-order valence-electron chi connectivity index (χ3n) is 10.0. The molecule has 2 bridgehead atoms. The highest BCUT2D eigenvalue weighted by Crippen LogP contribution is 2.32. The van der Waals surface area contributed by atoms with Crippen LogP contribution in [-0.2, 0) is 60.6 Å². The fourth-order valence-corrected chi connectivity index (χ4v) is 7.60. The Bertz CT molecular complexity index is 2340. The van der Waals surface area contributed by atoms with Crippen LogP contribution in [0.1, 0.15) is 40.0 Å². The summed E-state index contributed by atoms with van der Waals surface area (Å²) in [6.07, 6.45) is -6.46. The van der Waals surface area contributed by atoms with Crippen LogP contribution in [-0.4, -0.2) is 64.8 Å². The summed E-state index contributed by atoms with van der Waals surface area (Å²) in [6.45, 7) is 0. The second-order valence-electron chi connectivity index (χ2n) is 14.5. The number of hydrogen-bond donors (Lipinski definition) is 6. The second kappa shape index (κ2) is 20.0. The monoisotopic (exact) mass is 853 g/mol. The second-order valence-corrected chi connectivity index (χ2v) is 15.5. The van der Waals surface area contributed by atoms with Crippen LogP contribution < -0.4 is 26.6 Å². The van der Waals surface area contributed by atoms with Crippen LogP contribution in [0.2, 0.25) is 0 Å². The lowest BCUT2D eigenvalue weighted by molar-refractivity contribution is -0.142. The van der Waals surface area contributed by atoms with Crippen molar-refractivity contribution in [2.75, 3.05) is 5.32 Å². The van der Waals surface area contributed by atoms with Gasteiger partial charge in [0.1, 0.15) is 24.2 Å². The van der Waals surface area contributed by atoms with E-state index in [1.807, 2.05) is 42.5 Å². The van der Waals surface area contributed by atoms with Crippen molar-refractivity contribution >= 4 is 52.5 Å². The highest BCUT2D eigenvalue weighted by atomic mass is 32.1. The van der Waals surface area contributed by atoms with Crippen LogP contribution in [0.25, 0.3) is 11.1 Å². The number of fused-ring (bicyclic) bond motifs is 18. The zero-order valence-electron chi connectivity index (χ0n) is 32.5. The van der Waals surface area contributed by atoms with E-state index in [2.05, 4.69) is 26.6 Å². The number of halogens is 3. The van der Waals surface area contributed by atoms with Crippen LogP contribution in [0.15, 0.2) is 121 Å². The molecular weight excluding hydrogens is 812 g/mol. The number of nitrogens with one attached hydrogen (secondary N) is 5. The molecule has 7 rings (SSSR count). The van der Waals surface area contributed by atoms with Crippen molar-refractivity contribution in [1.29, 1.82) is 0 Å². The minimum absolute atomic E-state index is 0.0176. The average Bonchev–Trinajstić information content (AvgIpc) is 3.76. The Hall–Kier alpha value is -6.81. The molecule has 4 aromatic carbocycles. The maximum absolute atomic E-state index is 14.4. The predicted octanol–water partition coefficient (Wildman–Crippen LogP) is 5.46. The summed E-state index contributed by atoms with van der Waals surface area (Å²) in [4.78, 5) is 81.9. The van der Waals surface area contributed by atoms with Gasteiger partial charge in [-0.1, -0.05) is 91.0 Å². The minimum Gasteiger partial charge on any atom is -0.480 e. The normalized spacial score (nSPS) is 19.7. The van der Waals surface area contributed by atoms with Crippen molar-refractivity contribution < 1.29 is 47.0 Å². The molecule has 2 aliphatic rings. The van der Waals surface area contributed by atoms with Crippen molar-refractivity contribution in [3.05, 3.63) is 148 Å². The molecule has 0 fully saturated rings. The minimum atomic E-state index is -4.83. The van der Waals surface area contributed by atoms with Gasteiger partial charge >= 0.3 is 12.1 Å². The number of aliphatic carboxylic acids is 1. The summed E-state index contributed by atoms with van der Waals surface area (Å²) in [5.74, 6) is -5.42. The molecule has 5 amide bonds. The van der Waals surface area contributed by atoms with Crippen LogP contribution in [0, 0.1) is 0 Å². The van der Waals surface area contributed by atoms with Crippen LogP contribution in [0.5, 0.6) is 0 Å². The third-order valence-corrected chi connectivity index (χ3v) is 10.9. The molecular formula is C45H42F3N5O7S. The largest absolute Gasteiger partial charge is 0.480 e. The van der Waals surface area contributed by atoms with E-state index in [-0.39, 0.29) is 37.7 Å². The van der Waals surface area contributed by atoms with Crippen molar-refractivity contribution in [2.24, 2.45) is 0 Å². The van der Waals surface area contributed by atoms with Gasteiger partial charge in [0, 0.05) is 49.1 Å². The average molecular weight is 854 g/mol. The van der Waals surface area contributed by atoms with Gasteiger partial charge in [-0.15, -0.1) is 11.3 Å². The van der Waals surface area contributed by atoms with Crippen LogP contribution >= 0.6 is 11.3 Å². The summed E-state index contributed by atoms with van der Waals surface area (Å²) < 4.78 is 42.6. The molecule has 0 saturated carbocycles. The van der Waals surface area contributed by atoms with Crippen molar-refractivity contribution in [3.8, 4) is 11.1 Å². The number of carbonyl (C=O) groups is 6. The number of rotatable bonds is 8. The van der Waals surface area contributed by atoms with Gasteiger partial charge in [0.15, 0.2) is 0 Å². The number of carboxylic acid groups (broad SMARTS) is 1. The third kappa shape index (κ3) is 12.4. The van der Waals surface area contributed by atoms with Crippen molar-refractivity contribution in [1.82, 2.24) is 21.3 Å². The predicted molar refractivity (Wildman–Crippen MR) is 222 cm³/mol. The van der Waals surface area contributed by atoms with E-state index >= 15 is 0 Å². The first-order valence-corrected chi connectivity index (χ1v) is 20.2. The summed E-state index contributed by atoms with van der Waals surface area (Å²) in [5, 5.41) is 24.9. The molecule has 0 spiro atoms. The van der Waals surface area contributed by atoms with Gasteiger partial charge in [-0.25, -0.2) is 4.79 Å². The number of benzene rings is 4. The summed E-state index contributed by atoms with van der Waals surface area (Å²) >= 11 is 1.33. The van der Waals surface area contributed by atoms with E-state index in [0.29, 0.717) is 16.8 Å². The first-order chi connectivity index (χ1) is 29.2. The molecule has 3 heterocycles. The topological polar surface area (TPSA) is 183 Å². The standard InChI is InChI=1S/C45H42F3N5O7S/c46-45(47,48)34-11-5-4-9-31(34)25-36-42(57)53-38(44(59)60)24-28-14-18-32(19-15-28)49-39(54)20-21-40(55)50-37(26-33-10-6-22-61-33)43(58)51-35(41(56)52-36)23-27-12-16-30(17-13-27)29-7-2-1-3-8-29/h1-19,22,35-38H,20-21,23-26H2,(H,49,54)(H,50,55)(H,51,58)(H,52,56)(H,53,57)(H,59,60)/t35-,36+,37+,38-/m0/s1. The molecule has 0 saturated heterocycles. The number of alkyl halides is 3. The van der Waals surface area contributed by atoms with E-state index in [4.69, 9.17) is 0 Å². The molecule has 0 unspecified atom stereocenters. The zero-order valence-corrected chi connectivity index (χ0v) is 33.4. The molecule has 6 N–H and O–H groups in total. The molecule has 12 nitrogen and oxygen atoms in total. The van der Waals surface area contributed by atoms with E-state index < -0.39 is 77.8 Å². The van der Waals surface area contributed by atoms with Crippen LogP contribution in [0.4, 0.5) is 18.9 Å². The van der Waals surface area contributed by atoms with Gasteiger partial charge in [0.25, 0.3) is 0 Å². The quantitative estimate of drug-likeness (QED) is 0.112. The maximum Gasteiger partial charge on any atom is 0.416 e. The molecule has 5 aromatic rings. The van der Waals surface area contributed by atoms with E-state index in [0.717, 1.165) is 28.1 Å². The Morgan fingerprint density at radius 3 is 1.85 bits per heavy atom. The number of amides is 5. The highest BCUT2D eigenvalue weighted by molar-refractivity contribution is 7.09. The van der Waals surface area contributed by atoms with E-state index in [1.165, 1.54) is 47.7 Å². The smallest absolute Gasteiger partial charge is 0.416 e. The Morgan fingerprint density at radius 2 is 1.21 bits per heavy atom. The lowest BCUT2D eigenvalue weighted by atomic mass is 9.97. The molecule has 61 heavy (non-hydrogen) atoms. The van der Waals surface area contributed by atoms with Gasteiger partial charge in [-0.3, -0.25) is 24.0 Å². The van der Waals surface area contributed by atoms with Gasteiger partial charge < -0.3 is 31.7 Å². The van der Waals surface area contributed by atoms with Gasteiger partial charge in [-0.2, -0.15) is 13.2 Å². The van der Waals surface area contributed by atoms with Crippen molar-refractivity contribution in [3.63, 3.8) is 0 Å². The first-order valence-electron chi connectivity index (χ1n) is 19.4. The summed E-state index contributed by atoms with van der Waals surface area (Å²) in [5.41, 5.74) is 1.72. The zero-order chi connectivity index (χ0) is 43.5. The van der Waals surface area contributed by atoms with Crippen LogP contribution in [0.3, 0.4) is 0 Å². The number of hydrogen-bond acceptors (Lipinski definition) is 7. The molecule has 0 radical (unpaired) electrons. The highest BCUT2D eigenvalue weighted by Gasteiger charge is 2.36. The molecule has 4 atom stereocenters. The van der Waals surface area contributed by atoms with Gasteiger partial charge in [-0.05, 0) is 57.5 Å². The maximum atomic E-state index is 14.4. The number of carboxylic acids is 1. The Labute approximate surface area is 353 Å². The molecule has 0 aliphatic carbocycles. The number of anilines is 1. The SMILES string of the molecule is O=C1CCC(=O)N[C@H](Cc2cccs2)C(=O)N[C@@H](Cc2ccc(-c3ccccc3)cc2)C(=O)N[C@H](Cc2ccccc2C(F)(F)F)C(=O)N[C@H](C(=O)O)Cc2ccc(cc2)N1. The lowest BCUT2D eigenvalue weighted by Crippen LogP contribution is -2.59. The lowest BCUT2D eigenvalue weighted by Gasteiger charge is -2.27. The van der Waals surface area contributed by atoms with E-state index in [1.54, 1.807) is 29.6 Å². The Morgan fingerprint density at radius 1 is 0.623 bits per heavy atom. The Kier molecular flexibility index (Phi) is 14.3. The molecule has 16 heteroatoms. The van der Waals surface area contributed by atoms with Gasteiger partial charge in [0.2, 0.25) is 29.5 Å². The van der Waals surface area contributed by atoms with Crippen molar-refractivity contribution in [2.45, 2.75) is 68.9 Å². The summed E-state index contributed by atoms with van der Waals surface area (Å²) in [7, 11) is 0. The molecule has 1 aromatic heterocycles. The fraction of sp³-hybridized carbons (Fsp3) is 0.244. The van der Waals surface area contributed by atoms with E-state index in [9.17, 15) is 47.0 Å².